The van der Waals surface area contributed by atoms with Gasteiger partial charge in [-0.25, -0.2) is 18.0 Å². The second kappa shape index (κ2) is 7.75. The molecule has 1 aliphatic rings. The summed E-state index contributed by atoms with van der Waals surface area (Å²) in [7, 11) is -2.15. The molecule has 8 nitrogen and oxygen atoms in total. The largest absolute Gasteiger partial charge is 0.497 e. The predicted octanol–water partition coefficient (Wildman–Crippen LogP) is 2.07. The van der Waals surface area contributed by atoms with E-state index in [2.05, 4.69) is 0 Å². The molecule has 1 N–H and O–H groups in total. The first-order valence-electron chi connectivity index (χ1n) is 8.50. The topological polar surface area (TPSA) is 110 Å². The molecule has 0 aliphatic carbocycles. The highest BCUT2D eigenvalue weighted by Gasteiger charge is 2.46. The van der Waals surface area contributed by atoms with Crippen LogP contribution in [-0.4, -0.2) is 61.0 Å². The Labute approximate surface area is 159 Å². The van der Waals surface area contributed by atoms with Gasteiger partial charge in [-0.3, -0.25) is 4.90 Å². The number of nitrogens with zero attached hydrogens (tertiary/aromatic N) is 1. The Morgan fingerprint density at radius 2 is 1.81 bits per heavy atom. The highest BCUT2D eigenvalue weighted by molar-refractivity contribution is 7.91. The summed E-state index contributed by atoms with van der Waals surface area (Å²) in [4.78, 5) is 24.8. The third-order valence-electron chi connectivity index (χ3n) is 4.21. The van der Waals surface area contributed by atoms with E-state index in [0.29, 0.717) is 11.3 Å². The zero-order chi connectivity index (χ0) is 20.4. The van der Waals surface area contributed by atoms with Crippen molar-refractivity contribution in [1.29, 1.82) is 0 Å². The maximum atomic E-state index is 12.8. The molecular weight excluding hydrogens is 374 g/mol. The van der Waals surface area contributed by atoms with Crippen molar-refractivity contribution in [2.24, 2.45) is 0 Å². The Bertz CT molecular complexity index is 796. The number of carbonyl (C=O) groups excluding carboxylic acids is 1. The molecule has 1 aromatic rings. The SMILES string of the molecule is COc1ccc(CS(=O)(=O)[C@@H]2C[C@@H](C(=O)O)N(C(=O)OC(C)(C)C)C2)cc1. The standard InChI is InChI=1S/C18H25NO7S/c1-18(2,3)26-17(22)19-10-14(9-15(19)16(20)21)27(23,24)11-12-5-7-13(25-4)8-6-12/h5-8,14-15H,9-11H2,1-4H3,(H,20,21)/t14-,15+/m1/s1. The van der Waals surface area contributed by atoms with Crippen molar-refractivity contribution in [2.75, 3.05) is 13.7 Å². The molecule has 0 unspecified atom stereocenters. The van der Waals surface area contributed by atoms with Crippen molar-refractivity contribution in [3.8, 4) is 5.75 Å². The molecule has 1 amide bonds. The van der Waals surface area contributed by atoms with Crippen LogP contribution in [0.15, 0.2) is 24.3 Å². The molecule has 0 bridgehead atoms. The molecule has 1 fully saturated rings. The number of carbonyl (C=O) groups is 2. The second-order valence-corrected chi connectivity index (χ2v) is 9.78. The number of rotatable bonds is 5. The minimum absolute atomic E-state index is 0.160. The Morgan fingerprint density at radius 1 is 1.22 bits per heavy atom. The van der Waals surface area contributed by atoms with Gasteiger partial charge in [0.15, 0.2) is 9.84 Å². The van der Waals surface area contributed by atoms with Gasteiger partial charge in [0.1, 0.15) is 17.4 Å². The van der Waals surface area contributed by atoms with E-state index < -0.39 is 38.8 Å². The number of aliphatic carboxylic acids is 1. The third-order valence-corrected chi connectivity index (χ3v) is 6.30. The minimum atomic E-state index is -3.66. The van der Waals surface area contributed by atoms with Gasteiger partial charge in [-0.05, 0) is 44.9 Å². The molecule has 1 aromatic carbocycles. The number of hydrogen-bond acceptors (Lipinski definition) is 6. The van der Waals surface area contributed by atoms with Crippen LogP contribution in [0.1, 0.15) is 32.8 Å². The summed E-state index contributed by atoms with van der Waals surface area (Å²) < 4.78 is 35.8. The van der Waals surface area contributed by atoms with E-state index in [0.717, 1.165) is 4.90 Å². The fourth-order valence-electron chi connectivity index (χ4n) is 2.89. The Kier molecular flexibility index (Phi) is 6.04. The van der Waals surface area contributed by atoms with E-state index in [9.17, 15) is 23.1 Å². The third kappa shape index (κ3) is 5.35. The van der Waals surface area contributed by atoms with Crippen molar-refractivity contribution < 1.29 is 32.6 Å². The van der Waals surface area contributed by atoms with Crippen molar-refractivity contribution >= 4 is 21.9 Å². The maximum absolute atomic E-state index is 12.8. The van der Waals surface area contributed by atoms with Crippen LogP contribution in [0.5, 0.6) is 5.75 Å². The van der Waals surface area contributed by atoms with E-state index >= 15 is 0 Å². The number of sulfone groups is 1. The summed E-state index contributed by atoms with van der Waals surface area (Å²) >= 11 is 0. The number of likely N-dealkylation sites (tertiary alicyclic amines) is 1. The lowest BCUT2D eigenvalue weighted by Gasteiger charge is -2.26. The zero-order valence-electron chi connectivity index (χ0n) is 15.8. The molecule has 1 heterocycles. The monoisotopic (exact) mass is 399 g/mol. The molecule has 0 aromatic heterocycles. The summed E-state index contributed by atoms with van der Waals surface area (Å²) in [6.07, 6.45) is -0.982. The normalized spacial score (nSPS) is 20.4. The first-order chi connectivity index (χ1) is 12.4. The number of hydrogen-bond donors (Lipinski definition) is 1. The number of carboxylic acids is 1. The Hall–Kier alpha value is -2.29. The zero-order valence-corrected chi connectivity index (χ0v) is 16.7. The lowest BCUT2D eigenvalue weighted by atomic mass is 10.2. The van der Waals surface area contributed by atoms with Crippen LogP contribution < -0.4 is 4.74 Å². The fourth-order valence-corrected chi connectivity index (χ4v) is 4.64. The summed E-state index contributed by atoms with van der Waals surface area (Å²) in [6, 6.07) is 5.38. The highest BCUT2D eigenvalue weighted by atomic mass is 32.2. The molecule has 2 atom stereocenters. The molecule has 27 heavy (non-hydrogen) atoms. The van der Waals surface area contributed by atoms with Crippen LogP contribution in [0.2, 0.25) is 0 Å². The molecule has 0 radical (unpaired) electrons. The summed E-state index contributed by atoms with van der Waals surface area (Å²) in [6.45, 7) is 4.78. The molecule has 0 spiro atoms. The predicted molar refractivity (Wildman–Crippen MR) is 98.4 cm³/mol. The second-order valence-electron chi connectivity index (χ2n) is 7.50. The average molecular weight is 399 g/mol. The van der Waals surface area contributed by atoms with Crippen LogP contribution in [-0.2, 0) is 25.1 Å². The van der Waals surface area contributed by atoms with Gasteiger partial charge < -0.3 is 14.6 Å². The lowest BCUT2D eigenvalue weighted by Crippen LogP contribution is -2.43. The summed E-state index contributed by atoms with van der Waals surface area (Å²) in [5, 5.41) is 8.44. The van der Waals surface area contributed by atoms with Gasteiger partial charge in [-0.15, -0.1) is 0 Å². The van der Waals surface area contributed by atoms with Crippen molar-refractivity contribution in [2.45, 2.75) is 49.8 Å². The highest BCUT2D eigenvalue weighted by Crippen LogP contribution is 2.28. The number of methoxy groups -OCH3 is 1. The maximum Gasteiger partial charge on any atom is 0.411 e. The average Bonchev–Trinajstić information content (AvgIpc) is 3.00. The van der Waals surface area contributed by atoms with E-state index in [4.69, 9.17) is 9.47 Å². The first-order valence-corrected chi connectivity index (χ1v) is 10.2. The molecular formula is C18H25NO7S. The minimum Gasteiger partial charge on any atom is -0.497 e. The Morgan fingerprint density at radius 3 is 2.30 bits per heavy atom. The van der Waals surface area contributed by atoms with Crippen molar-refractivity contribution in [3.05, 3.63) is 29.8 Å². The van der Waals surface area contributed by atoms with Gasteiger partial charge in [0.05, 0.1) is 18.1 Å². The fraction of sp³-hybridized carbons (Fsp3) is 0.556. The van der Waals surface area contributed by atoms with Crippen LogP contribution in [0, 0.1) is 0 Å². The number of carboxylic acid groups (broad SMARTS) is 1. The van der Waals surface area contributed by atoms with Crippen molar-refractivity contribution in [3.63, 3.8) is 0 Å². The smallest absolute Gasteiger partial charge is 0.411 e. The van der Waals surface area contributed by atoms with Gasteiger partial charge in [0.25, 0.3) is 0 Å². The molecule has 2 rings (SSSR count). The number of benzene rings is 1. The van der Waals surface area contributed by atoms with Gasteiger partial charge >= 0.3 is 12.1 Å². The lowest BCUT2D eigenvalue weighted by molar-refractivity contribution is -0.142. The number of ether oxygens (including phenoxy) is 2. The molecule has 0 saturated carbocycles. The van der Waals surface area contributed by atoms with Gasteiger partial charge in [-0.2, -0.15) is 0 Å². The van der Waals surface area contributed by atoms with Crippen LogP contribution in [0.4, 0.5) is 4.79 Å². The van der Waals surface area contributed by atoms with Crippen LogP contribution in [0.3, 0.4) is 0 Å². The van der Waals surface area contributed by atoms with E-state index in [1.165, 1.54) is 7.11 Å². The van der Waals surface area contributed by atoms with E-state index in [1.54, 1.807) is 45.0 Å². The number of amides is 1. The first kappa shape index (κ1) is 21.0. The van der Waals surface area contributed by atoms with Crippen molar-refractivity contribution in [1.82, 2.24) is 4.90 Å². The summed E-state index contributed by atoms with van der Waals surface area (Å²) in [5.41, 5.74) is -0.237. The van der Waals surface area contributed by atoms with E-state index in [-0.39, 0.29) is 18.7 Å². The van der Waals surface area contributed by atoms with Crippen LogP contribution >= 0.6 is 0 Å². The Balaban J connectivity index is 2.17. The van der Waals surface area contributed by atoms with Gasteiger partial charge in [-0.1, -0.05) is 12.1 Å². The summed E-state index contributed by atoms with van der Waals surface area (Å²) in [5.74, 6) is -0.877. The van der Waals surface area contributed by atoms with E-state index in [1.807, 2.05) is 0 Å². The molecule has 150 valence electrons. The molecule has 1 aliphatic heterocycles. The quantitative estimate of drug-likeness (QED) is 0.807. The molecule has 9 heteroatoms. The van der Waals surface area contributed by atoms with Gasteiger partial charge in [0, 0.05) is 6.54 Å². The van der Waals surface area contributed by atoms with Crippen LogP contribution in [0.25, 0.3) is 0 Å². The molecule has 1 saturated heterocycles. The van der Waals surface area contributed by atoms with Gasteiger partial charge in [0.2, 0.25) is 0 Å².